The number of nitrogens with one attached hydrogen (secondary N) is 1. The lowest BCUT2D eigenvalue weighted by atomic mass is 10.1. The molecule has 5 heteroatoms. The molecule has 2 N–H and O–H groups in total. The van der Waals surface area contributed by atoms with Crippen molar-refractivity contribution in [2.45, 2.75) is 19.9 Å². The SMILES string of the molecule is Cc1ccc(C(C)NC(=O)c2cc(Br)ccc2O)o1. The molecule has 1 amide bonds. The van der Waals surface area contributed by atoms with Crippen LogP contribution in [0.25, 0.3) is 0 Å². The lowest BCUT2D eigenvalue weighted by molar-refractivity contribution is 0.0932. The highest BCUT2D eigenvalue weighted by molar-refractivity contribution is 9.10. The van der Waals surface area contributed by atoms with Crippen molar-refractivity contribution in [3.8, 4) is 5.75 Å². The predicted molar refractivity (Wildman–Crippen MR) is 75.1 cm³/mol. The summed E-state index contributed by atoms with van der Waals surface area (Å²) in [4.78, 5) is 12.1. The largest absolute Gasteiger partial charge is 0.507 e. The Labute approximate surface area is 119 Å². The van der Waals surface area contributed by atoms with Crippen molar-refractivity contribution in [3.05, 3.63) is 51.9 Å². The van der Waals surface area contributed by atoms with E-state index in [1.807, 2.05) is 26.0 Å². The summed E-state index contributed by atoms with van der Waals surface area (Å²) < 4.78 is 6.18. The van der Waals surface area contributed by atoms with Crippen LogP contribution in [-0.2, 0) is 0 Å². The van der Waals surface area contributed by atoms with Crippen LogP contribution in [0.2, 0.25) is 0 Å². The van der Waals surface area contributed by atoms with Gasteiger partial charge in [-0.2, -0.15) is 0 Å². The minimum Gasteiger partial charge on any atom is -0.507 e. The molecule has 2 aromatic rings. The topological polar surface area (TPSA) is 62.5 Å². The first-order valence-electron chi connectivity index (χ1n) is 5.83. The Balaban J connectivity index is 2.15. The number of aromatic hydroxyl groups is 1. The first-order valence-corrected chi connectivity index (χ1v) is 6.62. The first-order chi connectivity index (χ1) is 8.97. The van der Waals surface area contributed by atoms with Gasteiger partial charge in [0.2, 0.25) is 0 Å². The molecule has 0 aliphatic carbocycles. The zero-order valence-electron chi connectivity index (χ0n) is 10.6. The number of phenolic OH excluding ortho intramolecular Hbond substituents is 1. The van der Waals surface area contributed by atoms with Gasteiger partial charge in [0.15, 0.2) is 0 Å². The van der Waals surface area contributed by atoms with E-state index in [0.717, 1.165) is 10.2 Å². The maximum absolute atomic E-state index is 12.1. The van der Waals surface area contributed by atoms with E-state index in [4.69, 9.17) is 4.42 Å². The number of furan rings is 1. The minimum absolute atomic E-state index is 0.0523. The van der Waals surface area contributed by atoms with Crippen LogP contribution in [0.15, 0.2) is 39.2 Å². The Hall–Kier alpha value is -1.75. The quantitative estimate of drug-likeness (QED) is 0.908. The summed E-state index contributed by atoms with van der Waals surface area (Å²) in [6.45, 7) is 3.67. The van der Waals surface area contributed by atoms with E-state index in [2.05, 4.69) is 21.2 Å². The molecular weight excluding hydrogens is 310 g/mol. The lowest BCUT2D eigenvalue weighted by Crippen LogP contribution is -2.26. The second-order valence-electron chi connectivity index (χ2n) is 4.31. The van der Waals surface area contributed by atoms with Gasteiger partial charge in [0.05, 0.1) is 11.6 Å². The van der Waals surface area contributed by atoms with E-state index < -0.39 is 0 Å². The Morgan fingerprint density at radius 3 is 2.74 bits per heavy atom. The maximum Gasteiger partial charge on any atom is 0.255 e. The summed E-state index contributed by atoms with van der Waals surface area (Å²) in [6.07, 6.45) is 0. The van der Waals surface area contributed by atoms with Crippen LogP contribution in [0.3, 0.4) is 0 Å². The average molecular weight is 324 g/mol. The van der Waals surface area contributed by atoms with E-state index >= 15 is 0 Å². The molecule has 0 saturated carbocycles. The van der Waals surface area contributed by atoms with E-state index in [1.165, 1.54) is 6.07 Å². The third-order valence-electron chi connectivity index (χ3n) is 2.74. The fraction of sp³-hybridized carbons (Fsp3) is 0.214. The van der Waals surface area contributed by atoms with Crippen LogP contribution < -0.4 is 5.32 Å². The van der Waals surface area contributed by atoms with Gasteiger partial charge >= 0.3 is 0 Å². The van der Waals surface area contributed by atoms with E-state index in [-0.39, 0.29) is 23.3 Å². The highest BCUT2D eigenvalue weighted by Crippen LogP contribution is 2.23. The van der Waals surface area contributed by atoms with Crippen LogP contribution in [0.4, 0.5) is 0 Å². The van der Waals surface area contributed by atoms with E-state index in [1.54, 1.807) is 12.1 Å². The molecule has 0 radical (unpaired) electrons. The molecule has 1 heterocycles. The first kappa shape index (κ1) is 13.7. The van der Waals surface area contributed by atoms with Gasteiger partial charge in [0, 0.05) is 4.47 Å². The molecule has 0 saturated heterocycles. The molecule has 1 aromatic carbocycles. The van der Waals surface area contributed by atoms with E-state index in [9.17, 15) is 9.90 Å². The van der Waals surface area contributed by atoms with Gasteiger partial charge < -0.3 is 14.8 Å². The molecule has 19 heavy (non-hydrogen) atoms. The highest BCUT2D eigenvalue weighted by Gasteiger charge is 2.16. The van der Waals surface area contributed by atoms with Gasteiger partial charge in [-0.3, -0.25) is 4.79 Å². The van der Waals surface area contributed by atoms with Crippen LogP contribution in [0.1, 0.15) is 34.8 Å². The summed E-state index contributed by atoms with van der Waals surface area (Å²) in [6, 6.07) is 8.12. The number of halogens is 1. The number of benzene rings is 1. The number of phenols is 1. The third-order valence-corrected chi connectivity index (χ3v) is 3.23. The van der Waals surface area contributed by atoms with Gasteiger partial charge in [0.25, 0.3) is 5.91 Å². The predicted octanol–water partition coefficient (Wildman–Crippen LogP) is 3.55. The van der Waals surface area contributed by atoms with Crippen LogP contribution in [0.5, 0.6) is 5.75 Å². The number of hydrogen-bond donors (Lipinski definition) is 2. The molecule has 0 fully saturated rings. The van der Waals surface area contributed by atoms with Crippen LogP contribution in [-0.4, -0.2) is 11.0 Å². The maximum atomic E-state index is 12.1. The molecule has 0 aliphatic rings. The Morgan fingerprint density at radius 2 is 2.11 bits per heavy atom. The van der Waals surface area contributed by atoms with Crippen molar-refractivity contribution in [2.75, 3.05) is 0 Å². The Bertz CT molecular complexity index is 606. The molecule has 0 bridgehead atoms. The van der Waals surface area contributed by atoms with Crippen LogP contribution >= 0.6 is 15.9 Å². The molecule has 2 rings (SSSR count). The minimum atomic E-state index is -0.347. The fourth-order valence-corrected chi connectivity index (χ4v) is 2.08. The van der Waals surface area contributed by atoms with Crippen molar-refractivity contribution in [1.29, 1.82) is 0 Å². The normalized spacial score (nSPS) is 12.2. The number of aryl methyl sites for hydroxylation is 1. The Kier molecular flexibility index (Phi) is 3.95. The Morgan fingerprint density at radius 1 is 1.37 bits per heavy atom. The van der Waals surface area contributed by atoms with Crippen molar-refractivity contribution in [2.24, 2.45) is 0 Å². The second kappa shape index (κ2) is 5.48. The number of amides is 1. The van der Waals surface area contributed by atoms with Crippen molar-refractivity contribution < 1.29 is 14.3 Å². The van der Waals surface area contributed by atoms with Crippen molar-refractivity contribution in [3.63, 3.8) is 0 Å². The fourth-order valence-electron chi connectivity index (χ4n) is 1.72. The standard InChI is InChI=1S/C14H14BrNO3/c1-8-3-6-13(19-8)9(2)16-14(18)11-7-10(15)4-5-12(11)17/h3-7,9,17H,1-2H3,(H,16,18). The molecule has 0 aliphatic heterocycles. The molecule has 1 aromatic heterocycles. The van der Waals surface area contributed by atoms with E-state index in [0.29, 0.717) is 5.76 Å². The number of carbonyl (C=O) groups is 1. The number of hydrogen-bond acceptors (Lipinski definition) is 3. The van der Waals surface area contributed by atoms with Crippen molar-refractivity contribution >= 4 is 21.8 Å². The second-order valence-corrected chi connectivity index (χ2v) is 5.22. The molecule has 1 unspecified atom stereocenters. The average Bonchev–Trinajstić information content (AvgIpc) is 2.79. The van der Waals surface area contributed by atoms with Crippen LogP contribution in [0, 0.1) is 6.92 Å². The zero-order valence-corrected chi connectivity index (χ0v) is 12.2. The number of carbonyl (C=O) groups excluding carboxylic acids is 1. The summed E-state index contributed by atoms with van der Waals surface area (Å²) in [7, 11) is 0. The highest BCUT2D eigenvalue weighted by atomic mass is 79.9. The molecule has 0 spiro atoms. The lowest BCUT2D eigenvalue weighted by Gasteiger charge is -2.12. The molecule has 100 valence electrons. The van der Waals surface area contributed by atoms with Gasteiger partial charge in [-0.15, -0.1) is 0 Å². The zero-order chi connectivity index (χ0) is 14.0. The van der Waals surface area contributed by atoms with Crippen molar-refractivity contribution in [1.82, 2.24) is 5.32 Å². The summed E-state index contributed by atoms with van der Waals surface area (Å²) in [5, 5.41) is 12.5. The summed E-state index contributed by atoms with van der Waals surface area (Å²) in [5.74, 6) is 1.07. The summed E-state index contributed by atoms with van der Waals surface area (Å²) >= 11 is 3.27. The molecular formula is C14H14BrNO3. The summed E-state index contributed by atoms with van der Waals surface area (Å²) in [5.41, 5.74) is 0.226. The van der Waals surface area contributed by atoms with Gasteiger partial charge in [-0.25, -0.2) is 0 Å². The third kappa shape index (κ3) is 3.17. The van der Waals surface area contributed by atoms with Gasteiger partial charge in [-0.05, 0) is 44.2 Å². The molecule has 4 nitrogen and oxygen atoms in total. The monoisotopic (exact) mass is 323 g/mol. The van der Waals surface area contributed by atoms with Gasteiger partial charge in [0.1, 0.15) is 17.3 Å². The van der Waals surface area contributed by atoms with Gasteiger partial charge in [-0.1, -0.05) is 15.9 Å². The number of rotatable bonds is 3. The molecule has 1 atom stereocenters. The smallest absolute Gasteiger partial charge is 0.255 e.